The third-order valence-corrected chi connectivity index (χ3v) is 6.17. The Labute approximate surface area is 176 Å². The zero-order valence-electron chi connectivity index (χ0n) is 14.8. The quantitative estimate of drug-likeness (QED) is 0.625. The second-order valence-electron chi connectivity index (χ2n) is 6.72. The Hall–Kier alpha value is -2.15. The van der Waals surface area contributed by atoms with Crippen molar-refractivity contribution in [2.75, 3.05) is 18.4 Å². The highest BCUT2D eigenvalue weighted by Crippen LogP contribution is 2.29. The van der Waals surface area contributed by atoms with Crippen LogP contribution < -0.4 is 5.32 Å². The maximum absolute atomic E-state index is 12.7. The Kier molecular flexibility index (Phi) is 5.53. The van der Waals surface area contributed by atoms with Crippen LogP contribution in [0.1, 0.15) is 23.2 Å². The van der Waals surface area contributed by atoms with Crippen molar-refractivity contribution in [2.24, 2.45) is 5.92 Å². The van der Waals surface area contributed by atoms with Gasteiger partial charge in [-0.2, -0.15) is 0 Å². The molecule has 0 radical (unpaired) electrons. The lowest BCUT2D eigenvalue weighted by Gasteiger charge is -2.32. The SMILES string of the molecule is O=C(Nc1nc2ccc(Cl)cc2s1)C1CCCN(C(=O)c2ccc(Cl)cc2)C1. The van der Waals surface area contributed by atoms with E-state index in [1.54, 1.807) is 35.2 Å². The van der Waals surface area contributed by atoms with Crippen molar-refractivity contribution >= 4 is 61.7 Å². The van der Waals surface area contributed by atoms with Gasteiger partial charge < -0.3 is 10.2 Å². The largest absolute Gasteiger partial charge is 0.338 e. The molecule has 1 atom stereocenters. The van der Waals surface area contributed by atoms with Gasteiger partial charge >= 0.3 is 0 Å². The fraction of sp³-hybridized carbons (Fsp3) is 0.250. The van der Waals surface area contributed by atoms with Crippen LogP contribution in [-0.4, -0.2) is 34.8 Å². The number of likely N-dealkylation sites (tertiary alicyclic amines) is 1. The normalized spacial score (nSPS) is 16.9. The number of anilines is 1. The number of thiazole rings is 1. The highest BCUT2D eigenvalue weighted by molar-refractivity contribution is 7.22. The van der Waals surface area contributed by atoms with Crippen LogP contribution in [0.3, 0.4) is 0 Å². The van der Waals surface area contributed by atoms with Crippen molar-refractivity contribution in [3.05, 3.63) is 58.1 Å². The molecule has 2 heterocycles. The number of nitrogens with zero attached hydrogens (tertiary/aromatic N) is 2. The first-order chi connectivity index (χ1) is 13.5. The Balaban J connectivity index is 1.43. The molecule has 0 saturated carbocycles. The average molecular weight is 434 g/mol. The van der Waals surface area contributed by atoms with Gasteiger partial charge in [-0.1, -0.05) is 34.5 Å². The van der Waals surface area contributed by atoms with Crippen molar-refractivity contribution in [2.45, 2.75) is 12.8 Å². The summed E-state index contributed by atoms with van der Waals surface area (Å²) in [5.74, 6) is -0.455. The molecule has 2 amide bonds. The summed E-state index contributed by atoms with van der Waals surface area (Å²) < 4.78 is 0.922. The lowest BCUT2D eigenvalue weighted by atomic mass is 9.96. The predicted molar refractivity (Wildman–Crippen MR) is 113 cm³/mol. The van der Waals surface area contributed by atoms with Gasteiger partial charge in [0.2, 0.25) is 5.91 Å². The van der Waals surface area contributed by atoms with E-state index in [9.17, 15) is 9.59 Å². The van der Waals surface area contributed by atoms with E-state index in [4.69, 9.17) is 23.2 Å². The molecule has 5 nitrogen and oxygen atoms in total. The molecule has 3 aromatic rings. The zero-order chi connectivity index (χ0) is 19.7. The van der Waals surface area contributed by atoms with E-state index >= 15 is 0 Å². The summed E-state index contributed by atoms with van der Waals surface area (Å²) in [6, 6.07) is 12.2. The van der Waals surface area contributed by atoms with Gasteiger partial charge in [0.15, 0.2) is 5.13 Å². The van der Waals surface area contributed by atoms with Crippen LogP contribution in [-0.2, 0) is 4.79 Å². The van der Waals surface area contributed by atoms with Crippen LogP contribution >= 0.6 is 34.5 Å². The number of carbonyl (C=O) groups is 2. The predicted octanol–water partition coefficient (Wildman–Crippen LogP) is 5.09. The van der Waals surface area contributed by atoms with E-state index in [0.717, 1.165) is 23.1 Å². The van der Waals surface area contributed by atoms with E-state index in [-0.39, 0.29) is 17.7 Å². The molecule has 4 rings (SSSR count). The minimum absolute atomic E-state index is 0.0798. The molecule has 0 spiro atoms. The summed E-state index contributed by atoms with van der Waals surface area (Å²) in [7, 11) is 0. The van der Waals surface area contributed by atoms with Crippen LogP contribution in [0.25, 0.3) is 10.2 Å². The van der Waals surface area contributed by atoms with E-state index in [0.29, 0.717) is 33.8 Å². The summed E-state index contributed by atoms with van der Waals surface area (Å²) in [6.07, 6.45) is 1.53. The Morgan fingerprint density at radius 3 is 2.64 bits per heavy atom. The Bertz CT molecular complexity index is 1040. The van der Waals surface area contributed by atoms with Gasteiger partial charge in [-0.3, -0.25) is 9.59 Å². The van der Waals surface area contributed by atoms with Gasteiger partial charge in [0.25, 0.3) is 5.91 Å². The van der Waals surface area contributed by atoms with Gasteiger partial charge in [-0.25, -0.2) is 4.98 Å². The maximum Gasteiger partial charge on any atom is 0.253 e. The number of benzene rings is 2. The van der Waals surface area contributed by atoms with Crippen molar-refractivity contribution < 1.29 is 9.59 Å². The standard InChI is InChI=1S/C20H17Cl2N3O2S/c21-14-5-3-12(4-6-14)19(27)25-9-1-2-13(11-25)18(26)24-20-23-16-8-7-15(22)10-17(16)28-20/h3-8,10,13H,1-2,9,11H2,(H,23,24,26). The van der Waals surface area contributed by atoms with Gasteiger partial charge in [-0.05, 0) is 55.3 Å². The highest BCUT2D eigenvalue weighted by atomic mass is 35.5. The first-order valence-corrected chi connectivity index (χ1v) is 10.5. The maximum atomic E-state index is 12.7. The minimum Gasteiger partial charge on any atom is -0.338 e. The number of amides is 2. The van der Waals surface area contributed by atoms with E-state index in [1.165, 1.54) is 11.3 Å². The van der Waals surface area contributed by atoms with Gasteiger partial charge in [0.05, 0.1) is 16.1 Å². The number of rotatable bonds is 3. The molecule has 1 aromatic heterocycles. The Morgan fingerprint density at radius 2 is 1.86 bits per heavy atom. The monoisotopic (exact) mass is 433 g/mol. The first-order valence-electron chi connectivity index (χ1n) is 8.91. The summed E-state index contributed by atoms with van der Waals surface area (Å²) in [5, 5.41) is 4.67. The van der Waals surface area contributed by atoms with Gasteiger partial charge in [0.1, 0.15) is 0 Å². The molecular formula is C20H17Cl2N3O2S. The van der Waals surface area contributed by atoms with Crippen LogP contribution in [0, 0.1) is 5.92 Å². The van der Waals surface area contributed by atoms with E-state index in [2.05, 4.69) is 10.3 Å². The topological polar surface area (TPSA) is 62.3 Å². The number of carbonyl (C=O) groups excluding carboxylic acids is 2. The number of piperidine rings is 1. The second kappa shape index (κ2) is 8.07. The fourth-order valence-corrected chi connectivity index (χ4v) is 4.58. The fourth-order valence-electron chi connectivity index (χ4n) is 3.31. The summed E-state index contributed by atoms with van der Waals surface area (Å²) in [5.41, 5.74) is 1.38. The van der Waals surface area contributed by atoms with Crippen molar-refractivity contribution in [1.29, 1.82) is 0 Å². The molecular weight excluding hydrogens is 417 g/mol. The lowest BCUT2D eigenvalue weighted by Crippen LogP contribution is -2.43. The Morgan fingerprint density at radius 1 is 1.11 bits per heavy atom. The molecule has 0 aliphatic carbocycles. The van der Waals surface area contributed by atoms with Crippen LogP contribution in [0.15, 0.2) is 42.5 Å². The summed E-state index contributed by atoms with van der Waals surface area (Å²) >= 11 is 13.3. The molecule has 2 aromatic carbocycles. The minimum atomic E-state index is -0.263. The molecule has 1 aliphatic rings. The summed E-state index contributed by atoms with van der Waals surface area (Å²) in [4.78, 5) is 31.6. The number of nitrogens with one attached hydrogen (secondary N) is 1. The van der Waals surface area contributed by atoms with E-state index < -0.39 is 0 Å². The first kappa shape index (κ1) is 19.2. The van der Waals surface area contributed by atoms with E-state index in [1.807, 2.05) is 12.1 Å². The number of aromatic nitrogens is 1. The van der Waals surface area contributed by atoms with Crippen molar-refractivity contribution in [3.8, 4) is 0 Å². The molecule has 1 fully saturated rings. The summed E-state index contributed by atoms with van der Waals surface area (Å²) in [6.45, 7) is 1.04. The highest BCUT2D eigenvalue weighted by Gasteiger charge is 2.29. The van der Waals surface area contributed by atoms with Gasteiger partial charge in [-0.15, -0.1) is 0 Å². The number of hydrogen-bond acceptors (Lipinski definition) is 4. The third-order valence-electron chi connectivity index (χ3n) is 4.75. The number of fused-ring (bicyclic) bond motifs is 1. The molecule has 1 saturated heterocycles. The van der Waals surface area contributed by atoms with Crippen LogP contribution in [0.5, 0.6) is 0 Å². The van der Waals surface area contributed by atoms with Crippen molar-refractivity contribution in [1.82, 2.24) is 9.88 Å². The smallest absolute Gasteiger partial charge is 0.253 e. The molecule has 1 unspecified atom stereocenters. The zero-order valence-corrected chi connectivity index (χ0v) is 17.2. The number of halogens is 2. The van der Waals surface area contributed by atoms with Gasteiger partial charge in [0, 0.05) is 28.7 Å². The molecule has 144 valence electrons. The third kappa shape index (κ3) is 4.14. The molecule has 0 bridgehead atoms. The second-order valence-corrected chi connectivity index (χ2v) is 8.62. The molecule has 1 N–H and O–H groups in total. The lowest BCUT2D eigenvalue weighted by molar-refractivity contribution is -0.121. The molecule has 28 heavy (non-hydrogen) atoms. The molecule has 1 aliphatic heterocycles. The average Bonchev–Trinajstić information content (AvgIpc) is 3.09. The molecule has 8 heteroatoms. The van der Waals surface area contributed by atoms with Crippen molar-refractivity contribution in [3.63, 3.8) is 0 Å². The van der Waals surface area contributed by atoms with Crippen LogP contribution in [0.4, 0.5) is 5.13 Å². The van der Waals surface area contributed by atoms with Crippen LogP contribution in [0.2, 0.25) is 10.0 Å². The number of hydrogen-bond donors (Lipinski definition) is 1.